The van der Waals surface area contributed by atoms with E-state index in [0.717, 1.165) is 46.1 Å². The highest BCUT2D eigenvalue weighted by molar-refractivity contribution is 8.00. The number of methoxy groups -OCH3 is 1. The van der Waals surface area contributed by atoms with E-state index in [1.165, 1.54) is 11.8 Å². The van der Waals surface area contributed by atoms with Gasteiger partial charge in [0.1, 0.15) is 11.6 Å². The van der Waals surface area contributed by atoms with E-state index in [2.05, 4.69) is 25.5 Å². The van der Waals surface area contributed by atoms with Gasteiger partial charge in [-0.1, -0.05) is 0 Å². The van der Waals surface area contributed by atoms with Crippen molar-refractivity contribution in [1.82, 2.24) is 14.9 Å². The fourth-order valence-corrected chi connectivity index (χ4v) is 5.41. The van der Waals surface area contributed by atoms with Crippen LogP contribution in [0.5, 0.6) is 5.88 Å². The molecule has 180 valence electrons. The number of anilines is 3. The molecule has 0 saturated carbocycles. The standard InChI is InChI=1S/C24H24N6O4S/c1-33-22-5-3-17-23(28-22)18(6-7-25-17)26-14-9-29(10-14)11-16-12-30(24(32)34-16)15-2-4-20-19(8-15)27-21(31)13-35-20/h2-8,14,16H,9-13H2,1H3,(H,25,26)(H,27,31). The molecule has 2 saturated heterocycles. The zero-order chi connectivity index (χ0) is 23.9. The van der Waals surface area contributed by atoms with Gasteiger partial charge in [0.05, 0.1) is 42.3 Å². The van der Waals surface area contributed by atoms with Crippen LogP contribution < -0.4 is 20.3 Å². The summed E-state index contributed by atoms with van der Waals surface area (Å²) < 4.78 is 10.9. The third-order valence-corrected chi connectivity index (χ3v) is 7.40. The van der Waals surface area contributed by atoms with Gasteiger partial charge in [0, 0.05) is 42.5 Å². The summed E-state index contributed by atoms with van der Waals surface area (Å²) in [6.07, 6.45) is 1.20. The van der Waals surface area contributed by atoms with Gasteiger partial charge in [-0.2, -0.15) is 0 Å². The zero-order valence-corrected chi connectivity index (χ0v) is 19.9. The van der Waals surface area contributed by atoms with Crippen LogP contribution >= 0.6 is 11.8 Å². The second-order valence-corrected chi connectivity index (χ2v) is 9.79. The van der Waals surface area contributed by atoms with Gasteiger partial charge in [0.25, 0.3) is 0 Å². The van der Waals surface area contributed by atoms with Crippen molar-refractivity contribution in [2.75, 3.05) is 54.6 Å². The number of rotatable bonds is 6. The summed E-state index contributed by atoms with van der Waals surface area (Å²) >= 11 is 1.50. The number of nitrogens with zero attached hydrogens (tertiary/aromatic N) is 4. The second kappa shape index (κ2) is 8.90. The molecule has 1 aromatic carbocycles. The minimum Gasteiger partial charge on any atom is -0.481 e. The average Bonchev–Trinajstić information content (AvgIpc) is 3.22. The third-order valence-electron chi connectivity index (χ3n) is 6.33. The maximum absolute atomic E-state index is 12.5. The summed E-state index contributed by atoms with van der Waals surface area (Å²) in [6.45, 7) is 2.82. The predicted octanol–water partition coefficient (Wildman–Crippen LogP) is 2.80. The van der Waals surface area contributed by atoms with Gasteiger partial charge in [-0.3, -0.25) is 19.6 Å². The number of ether oxygens (including phenoxy) is 2. The molecule has 3 aliphatic rings. The Morgan fingerprint density at radius 1 is 1.20 bits per heavy atom. The van der Waals surface area contributed by atoms with Crippen molar-refractivity contribution in [2.45, 2.75) is 17.0 Å². The molecule has 2 aromatic heterocycles. The van der Waals surface area contributed by atoms with E-state index in [9.17, 15) is 9.59 Å². The number of thioether (sulfide) groups is 1. The van der Waals surface area contributed by atoms with Crippen LogP contribution in [-0.2, 0) is 9.53 Å². The average molecular weight is 493 g/mol. The number of cyclic esters (lactones) is 1. The largest absolute Gasteiger partial charge is 0.481 e. The van der Waals surface area contributed by atoms with Gasteiger partial charge in [0.2, 0.25) is 11.8 Å². The van der Waals surface area contributed by atoms with Crippen molar-refractivity contribution in [3.05, 3.63) is 42.6 Å². The third kappa shape index (κ3) is 4.32. The minimum atomic E-state index is -0.358. The number of fused-ring (bicyclic) bond motifs is 2. The molecule has 11 heteroatoms. The van der Waals surface area contributed by atoms with Crippen molar-refractivity contribution in [1.29, 1.82) is 0 Å². The lowest BCUT2D eigenvalue weighted by Crippen LogP contribution is -2.56. The van der Waals surface area contributed by atoms with Crippen LogP contribution in [-0.4, -0.2) is 78.1 Å². The highest BCUT2D eigenvalue weighted by Crippen LogP contribution is 2.35. The highest BCUT2D eigenvalue weighted by Gasteiger charge is 2.37. The monoisotopic (exact) mass is 492 g/mol. The first-order valence-corrected chi connectivity index (χ1v) is 12.4. The van der Waals surface area contributed by atoms with Crippen molar-refractivity contribution in [2.24, 2.45) is 0 Å². The molecule has 6 rings (SSSR count). The van der Waals surface area contributed by atoms with Gasteiger partial charge in [-0.25, -0.2) is 9.78 Å². The lowest BCUT2D eigenvalue weighted by Gasteiger charge is -2.40. The minimum absolute atomic E-state index is 0.0304. The first-order valence-electron chi connectivity index (χ1n) is 11.4. The fraction of sp³-hybridized carbons (Fsp3) is 0.333. The van der Waals surface area contributed by atoms with E-state index in [-0.39, 0.29) is 24.1 Å². The Bertz CT molecular complexity index is 1310. The maximum Gasteiger partial charge on any atom is 0.414 e. The number of pyridine rings is 2. The zero-order valence-electron chi connectivity index (χ0n) is 19.1. The molecular weight excluding hydrogens is 468 g/mol. The molecule has 1 unspecified atom stereocenters. The molecule has 0 radical (unpaired) electrons. The number of hydrogen-bond donors (Lipinski definition) is 2. The van der Waals surface area contributed by atoms with E-state index >= 15 is 0 Å². The molecule has 0 aliphatic carbocycles. The topological polar surface area (TPSA) is 109 Å². The number of carbonyl (C=O) groups is 2. The number of hydrogen-bond acceptors (Lipinski definition) is 9. The van der Waals surface area contributed by atoms with Gasteiger partial charge < -0.3 is 20.1 Å². The molecule has 2 N–H and O–H groups in total. The molecule has 3 aliphatic heterocycles. The van der Waals surface area contributed by atoms with Crippen molar-refractivity contribution < 1.29 is 19.1 Å². The van der Waals surface area contributed by atoms with Crippen LogP contribution in [0.1, 0.15) is 0 Å². The van der Waals surface area contributed by atoms with Gasteiger partial charge >= 0.3 is 6.09 Å². The van der Waals surface area contributed by atoms with Gasteiger partial charge in [-0.05, 0) is 30.3 Å². The Morgan fingerprint density at radius 2 is 2.09 bits per heavy atom. The molecule has 0 bridgehead atoms. The Balaban J connectivity index is 1.05. The Hall–Kier alpha value is -3.57. The Labute approximate surface area is 206 Å². The van der Waals surface area contributed by atoms with E-state index in [1.807, 2.05) is 30.3 Å². The molecule has 2 amide bonds. The van der Waals surface area contributed by atoms with Crippen LogP contribution in [0.3, 0.4) is 0 Å². The highest BCUT2D eigenvalue weighted by atomic mass is 32.2. The number of benzene rings is 1. The quantitative estimate of drug-likeness (QED) is 0.537. The SMILES string of the molecule is COc1ccc2nccc(NC3CN(CC4CN(c5ccc6c(c5)NC(=O)CS6)C(=O)O4)C3)c2n1. The summed E-state index contributed by atoms with van der Waals surface area (Å²) in [5.74, 6) is 0.933. The summed E-state index contributed by atoms with van der Waals surface area (Å²) in [6, 6.07) is 11.6. The molecule has 2 fully saturated rings. The van der Waals surface area contributed by atoms with E-state index in [1.54, 1.807) is 24.3 Å². The molecule has 3 aromatic rings. The van der Waals surface area contributed by atoms with Crippen LogP contribution in [0.4, 0.5) is 21.9 Å². The summed E-state index contributed by atoms with van der Waals surface area (Å²) in [5.41, 5.74) is 3.99. The molecule has 0 spiro atoms. The van der Waals surface area contributed by atoms with Crippen LogP contribution in [0.25, 0.3) is 11.0 Å². The summed E-state index contributed by atoms with van der Waals surface area (Å²) in [4.78, 5) is 38.1. The lowest BCUT2D eigenvalue weighted by molar-refractivity contribution is -0.113. The number of carbonyl (C=O) groups excluding carboxylic acids is 2. The van der Waals surface area contributed by atoms with E-state index in [4.69, 9.17) is 9.47 Å². The number of aromatic nitrogens is 2. The molecule has 5 heterocycles. The number of amides is 2. The van der Waals surface area contributed by atoms with Gasteiger partial charge in [-0.15, -0.1) is 11.8 Å². The Morgan fingerprint density at radius 3 is 2.94 bits per heavy atom. The summed E-state index contributed by atoms with van der Waals surface area (Å²) in [7, 11) is 1.60. The van der Waals surface area contributed by atoms with E-state index in [0.29, 0.717) is 24.7 Å². The smallest absolute Gasteiger partial charge is 0.414 e. The first kappa shape index (κ1) is 21.9. The molecular formula is C24H24N6O4S. The number of nitrogens with one attached hydrogen (secondary N) is 2. The van der Waals surface area contributed by atoms with E-state index < -0.39 is 0 Å². The van der Waals surface area contributed by atoms with Crippen LogP contribution in [0.15, 0.2) is 47.5 Å². The fourth-order valence-electron chi connectivity index (χ4n) is 4.62. The molecule has 35 heavy (non-hydrogen) atoms. The maximum atomic E-state index is 12.5. The molecule has 10 nitrogen and oxygen atoms in total. The molecule has 1 atom stereocenters. The Kier molecular flexibility index (Phi) is 5.57. The van der Waals surface area contributed by atoms with Crippen molar-refractivity contribution >= 4 is 51.9 Å². The summed E-state index contributed by atoms with van der Waals surface area (Å²) in [5, 5.41) is 6.42. The predicted molar refractivity (Wildman–Crippen MR) is 133 cm³/mol. The van der Waals surface area contributed by atoms with Crippen molar-refractivity contribution in [3.63, 3.8) is 0 Å². The van der Waals surface area contributed by atoms with Crippen LogP contribution in [0, 0.1) is 0 Å². The van der Waals surface area contributed by atoms with Crippen molar-refractivity contribution in [3.8, 4) is 5.88 Å². The second-order valence-electron chi connectivity index (χ2n) is 8.77. The van der Waals surface area contributed by atoms with Gasteiger partial charge in [0.15, 0.2) is 0 Å². The first-order chi connectivity index (χ1) is 17.1. The normalized spacial score (nSPS) is 20.3. The lowest BCUT2D eigenvalue weighted by atomic mass is 10.1. The number of likely N-dealkylation sites (tertiary alicyclic amines) is 1. The van der Waals surface area contributed by atoms with Crippen LogP contribution in [0.2, 0.25) is 0 Å².